The number of amides is 1. The summed E-state index contributed by atoms with van der Waals surface area (Å²) >= 11 is 0. The summed E-state index contributed by atoms with van der Waals surface area (Å²) < 4.78 is 5.28. The highest BCUT2D eigenvalue weighted by molar-refractivity contribution is 6.05. The van der Waals surface area contributed by atoms with Gasteiger partial charge in [-0.25, -0.2) is 4.79 Å². The first-order valence-electron chi connectivity index (χ1n) is 7.97. The Morgan fingerprint density at radius 1 is 1.32 bits per heavy atom. The number of benzene rings is 1. The molecule has 0 aliphatic carbocycles. The van der Waals surface area contributed by atoms with E-state index in [4.69, 9.17) is 4.42 Å². The molecule has 0 aliphatic heterocycles. The van der Waals surface area contributed by atoms with E-state index in [1.807, 2.05) is 25.1 Å². The number of carbonyl (C=O) groups is 1. The number of hydrogen-bond donors (Lipinski definition) is 2. The van der Waals surface area contributed by atoms with Crippen molar-refractivity contribution in [2.24, 2.45) is 0 Å². The molecule has 0 fully saturated rings. The number of aliphatic hydroxyl groups is 1. The number of carbonyl (C=O) groups excluding carboxylic acids is 1. The van der Waals surface area contributed by atoms with Gasteiger partial charge >= 0.3 is 5.63 Å². The average Bonchev–Trinajstić information content (AvgIpc) is 2.62. The zero-order valence-electron chi connectivity index (χ0n) is 14.0. The molecule has 6 heteroatoms. The summed E-state index contributed by atoms with van der Waals surface area (Å²) in [6.07, 6.45) is 2.35. The molecule has 3 rings (SSSR count). The minimum absolute atomic E-state index is 0.116. The molecule has 3 aromatic rings. The van der Waals surface area contributed by atoms with Gasteiger partial charge < -0.3 is 14.8 Å². The van der Waals surface area contributed by atoms with Crippen LogP contribution >= 0.6 is 0 Å². The van der Waals surface area contributed by atoms with Crippen molar-refractivity contribution in [2.45, 2.75) is 26.9 Å². The van der Waals surface area contributed by atoms with Gasteiger partial charge in [0.2, 0.25) is 0 Å². The van der Waals surface area contributed by atoms with Gasteiger partial charge in [0.25, 0.3) is 5.91 Å². The molecule has 128 valence electrons. The van der Waals surface area contributed by atoms with Crippen molar-refractivity contribution in [3.8, 4) is 0 Å². The topological polar surface area (TPSA) is 92.4 Å². The number of nitrogens with one attached hydrogen (secondary N) is 1. The third-order valence-electron chi connectivity index (χ3n) is 4.04. The highest BCUT2D eigenvalue weighted by Gasteiger charge is 2.17. The van der Waals surface area contributed by atoms with Crippen LogP contribution in [0.5, 0.6) is 0 Å². The fraction of sp³-hybridized carbons (Fsp3) is 0.211. The lowest BCUT2D eigenvalue weighted by Gasteiger charge is -2.09. The van der Waals surface area contributed by atoms with Crippen LogP contribution in [-0.2, 0) is 13.0 Å². The molecule has 0 bridgehead atoms. The van der Waals surface area contributed by atoms with Crippen LogP contribution in [0.15, 0.2) is 45.7 Å². The van der Waals surface area contributed by atoms with E-state index >= 15 is 0 Å². The van der Waals surface area contributed by atoms with E-state index in [1.54, 1.807) is 13.0 Å². The second-order valence-corrected chi connectivity index (χ2v) is 5.73. The highest BCUT2D eigenvalue weighted by Crippen LogP contribution is 2.21. The minimum Gasteiger partial charge on any atom is -0.420 e. The van der Waals surface area contributed by atoms with Crippen LogP contribution in [-0.4, -0.2) is 16.0 Å². The average molecular weight is 338 g/mol. The van der Waals surface area contributed by atoms with Crippen molar-refractivity contribution < 1.29 is 14.3 Å². The summed E-state index contributed by atoms with van der Waals surface area (Å²) in [6.45, 7) is 3.45. The summed E-state index contributed by atoms with van der Waals surface area (Å²) in [5.41, 5.74) is 2.12. The van der Waals surface area contributed by atoms with E-state index in [0.29, 0.717) is 22.3 Å². The van der Waals surface area contributed by atoms with E-state index in [-0.39, 0.29) is 17.8 Å². The lowest BCUT2D eigenvalue weighted by atomic mass is 10.1. The molecule has 0 radical (unpaired) electrons. The summed E-state index contributed by atoms with van der Waals surface area (Å²) in [5, 5.41) is 12.7. The Morgan fingerprint density at radius 2 is 2.12 bits per heavy atom. The van der Waals surface area contributed by atoms with Gasteiger partial charge in [0.1, 0.15) is 5.56 Å². The zero-order valence-corrected chi connectivity index (χ0v) is 14.0. The van der Waals surface area contributed by atoms with Gasteiger partial charge in [0.15, 0.2) is 5.58 Å². The summed E-state index contributed by atoms with van der Waals surface area (Å²) in [5.74, 6) is -0.553. The van der Waals surface area contributed by atoms with Crippen LogP contribution in [0.25, 0.3) is 11.0 Å². The second-order valence-electron chi connectivity index (χ2n) is 5.73. The number of nitrogens with zero attached hydrogens (tertiary/aromatic N) is 1. The smallest absolute Gasteiger partial charge is 0.349 e. The maximum Gasteiger partial charge on any atom is 0.349 e. The third-order valence-corrected chi connectivity index (χ3v) is 4.04. The highest BCUT2D eigenvalue weighted by atomic mass is 16.4. The lowest BCUT2D eigenvalue weighted by molar-refractivity contribution is 0.102. The lowest BCUT2D eigenvalue weighted by Crippen LogP contribution is -2.21. The van der Waals surface area contributed by atoms with E-state index < -0.39 is 11.5 Å². The van der Waals surface area contributed by atoms with Crippen molar-refractivity contribution in [3.05, 3.63) is 69.3 Å². The quantitative estimate of drug-likeness (QED) is 0.763. The standard InChI is InChI=1S/C19H18N2O4/c1-3-12-5-4-6-14(7-12)21-18(23)16-8-15-13(10-22)9-20-11(2)17(15)25-19(16)24/h4-9,22H,3,10H2,1-2H3,(H,21,23). The number of hydrogen-bond acceptors (Lipinski definition) is 5. The first-order valence-corrected chi connectivity index (χ1v) is 7.97. The first-order chi connectivity index (χ1) is 12.0. The third kappa shape index (κ3) is 3.29. The Morgan fingerprint density at radius 3 is 2.84 bits per heavy atom. The van der Waals surface area contributed by atoms with E-state index in [1.165, 1.54) is 12.3 Å². The molecule has 0 spiro atoms. The van der Waals surface area contributed by atoms with Gasteiger partial charge in [0, 0.05) is 22.8 Å². The van der Waals surface area contributed by atoms with Crippen molar-refractivity contribution in [1.29, 1.82) is 0 Å². The maximum absolute atomic E-state index is 12.5. The molecule has 0 saturated carbocycles. The van der Waals surface area contributed by atoms with Crippen molar-refractivity contribution in [3.63, 3.8) is 0 Å². The Balaban J connectivity index is 2.04. The molecular weight excluding hydrogens is 320 g/mol. The van der Waals surface area contributed by atoms with Crippen molar-refractivity contribution >= 4 is 22.6 Å². The van der Waals surface area contributed by atoms with E-state index in [9.17, 15) is 14.7 Å². The molecule has 0 saturated heterocycles. The number of rotatable bonds is 4. The van der Waals surface area contributed by atoms with Gasteiger partial charge in [0.05, 0.1) is 12.3 Å². The van der Waals surface area contributed by atoms with Gasteiger partial charge in [-0.15, -0.1) is 0 Å². The Kier molecular flexibility index (Phi) is 4.63. The van der Waals surface area contributed by atoms with Crippen molar-refractivity contribution in [2.75, 3.05) is 5.32 Å². The Hall–Kier alpha value is -2.99. The number of pyridine rings is 1. The summed E-state index contributed by atoms with van der Waals surface area (Å²) in [4.78, 5) is 28.8. The van der Waals surface area contributed by atoms with Crippen LogP contribution in [0.2, 0.25) is 0 Å². The molecule has 2 N–H and O–H groups in total. The second kappa shape index (κ2) is 6.86. The van der Waals surface area contributed by atoms with E-state index in [0.717, 1.165) is 12.0 Å². The normalized spacial score (nSPS) is 10.8. The fourth-order valence-corrected chi connectivity index (χ4v) is 2.63. The van der Waals surface area contributed by atoms with Crippen LogP contribution < -0.4 is 10.9 Å². The summed E-state index contributed by atoms with van der Waals surface area (Å²) in [7, 11) is 0. The Bertz CT molecular complexity index is 1010. The molecule has 0 unspecified atom stereocenters. The minimum atomic E-state index is -0.739. The predicted molar refractivity (Wildman–Crippen MR) is 94.7 cm³/mol. The predicted octanol–water partition coefficient (Wildman–Crippen LogP) is 2.80. The van der Waals surface area contributed by atoms with E-state index in [2.05, 4.69) is 10.3 Å². The molecule has 2 aromatic heterocycles. The van der Waals surface area contributed by atoms with Gasteiger partial charge in [-0.05, 0) is 37.1 Å². The molecule has 1 aromatic carbocycles. The zero-order chi connectivity index (χ0) is 18.0. The van der Waals surface area contributed by atoms with Crippen LogP contribution in [0.4, 0.5) is 5.69 Å². The monoisotopic (exact) mass is 338 g/mol. The molecule has 1 amide bonds. The first kappa shape index (κ1) is 16.9. The number of fused-ring (bicyclic) bond motifs is 1. The Labute approximate surface area is 144 Å². The molecule has 0 atom stereocenters. The summed E-state index contributed by atoms with van der Waals surface area (Å²) in [6, 6.07) is 8.86. The van der Waals surface area contributed by atoms with Gasteiger partial charge in [-0.1, -0.05) is 19.1 Å². The molecule has 0 aliphatic rings. The van der Waals surface area contributed by atoms with Crippen LogP contribution in [0.1, 0.15) is 34.1 Å². The molecule has 25 heavy (non-hydrogen) atoms. The van der Waals surface area contributed by atoms with Crippen molar-refractivity contribution in [1.82, 2.24) is 4.98 Å². The van der Waals surface area contributed by atoms with Gasteiger partial charge in [-0.3, -0.25) is 9.78 Å². The number of anilines is 1. The fourth-order valence-electron chi connectivity index (χ4n) is 2.63. The molecule has 6 nitrogen and oxygen atoms in total. The van der Waals surface area contributed by atoms with Crippen LogP contribution in [0.3, 0.4) is 0 Å². The number of aliphatic hydroxyl groups excluding tert-OH is 1. The molecule has 2 heterocycles. The SMILES string of the molecule is CCc1cccc(NC(=O)c2cc3c(CO)cnc(C)c3oc2=O)c1. The maximum atomic E-state index is 12.5. The molecular formula is C19H18N2O4. The number of aromatic nitrogens is 1. The van der Waals surface area contributed by atoms with Crippen LogP contribution in [0, 0.1) is 6.92 Å². The largest absolute Gasteiger partial charge is 0.420 e. The van der Waals surface area contributed by atoms with Gasteiger partial charge in [-0.2, -0.15) is 0 Å². The number of aryl methyl sites for hydroxylation is 2.